The molecule has 6 nitrogen and oxygen atoms in total. The predicted octanol–water partition coefficient (Wildman–Crippen LogP) is 1.99. The van der Waals surface area contributed by atoms with E-state index < -0.39 is 6.03 Å². The van der Waals surface area contributed by atoms with Gasteiger partial charge in [-0.15, -0.1) is 0 Å². The van der Waals surface area contributed by atoms with Crippen LogP contribution >= 0.6 is 0 Å². The lowest BCUT2D eigenvalue weighted by Gasteiger charge is -2.31. The van der Waals surface area contributed by atoms with Crippen molar-refractivity contribution in [2.75, 3.05) is 6.61 Å². The Bertz CT molecular complexity index is 374. The number of nitrogens with two attached hydrogens (primary N) is 1. The number of imidazole rings is 1. The summed E-state index contributed by atoms with van der Waals surface area (Å²) in [5.74, 6) is 0. The van der Waals surface area contributed by atoms with Gasteiger partial charge in [0.05, 0.1) is 19.0 Å². The molecule has 6 heteroatoms. The number of carbonyl (C=O) groups excluding carboxylic acids is 1. The Balaban J connectivity index is 1.72. The summed E-state index contributed by atoms with van der Waals surface area (Å²) in [6, 6.07) is -0.327. The molecule has 1 heterocycles. The molecule has 0 aliphatic heterocycles. The van der Waals surface area contributed by atoms with Crippen molar-refractivity contribution in [3.05, 3.63) is 18.2 Å². The number of hydrogen-bond donors (Lipinski definition) is 2. The first-order valence-corrected chi connectivity index (χ1v) is 6.96. The molecule has 0 unspecified atom stereocenters. The number of primary amides is 1. The molecule has 0 radical (unpaired) electrons. The summed E-state index contributed by atoms with van der Waals surface area (Å²) in [5, 5.41) is 1.38. The summed E-state index contributed by atoms with van der Waals surface area (Å²) in [4.78, 5) is 24.0. The van der Waals surface area contributed by atoms with Gasteiger partial charge in [-0.1, -0.05) is 19.3 Å². The fourth-order valence-electron chi connectivity index (χ4n) is 2.51. The van der Waals surface area contributed by atoms with Gasteiger partial charge in [0.2, 0.25) is 0 Å². The lowest BCUT2D eigenvalue weighted by atomic mass is 9.95. The number of aromatic amines is 1. The molecule has 0 atom stereocenters. The number of hydrogen-bond acceptors (Lipinski definition) is 3. The minimum atomic E-state index is -0.478. The van der Waals surface area contributed by atoms with Crippen molar-refractivity contribution >= 4 is 6.03 Å². The number of aromatic nitrogens is 2. The highest BCUT2D eigenvalue weighted by Crippen LogP contribution is 2.22. The first kappa shape index (κ1) is 13.9. The van der Waals surface area contributed by atoms with Gasteiger partial charge < -0.3 is 10.7 Å². The van der Waals surface area contributed by atoms with Crippen LogP contribution in [0.25, 0.3) is 0 Å². The van der Waals surface area contributed by atoms with Gasteiger partial charge >= 0.3 is 6.03 Å². The third-order valence-electron chi connectivity index (χ3n) is 3.50. The second kappa shape index (κ2) is 7.13. The summed E-state index contributed by atoms with van der Waals surface area (Å²) >= 11 is 0. The zero-order valence-corrected chi connectivity index (χ0v) is 11.2. The second-order valence-electron chi connectivity index (χ2n) is 4.97. The minimum Gasteiger partial charge on any atom is -0.350 e. The van der Waals surface area contributed by atoms with Crippen molar-refractivity contribution in [1.82, 2.24) is 15.0 Å². The molecule has 1 aromatic rings. The van der Waals surface area contributed by atoms with E-state index in [1.807, 2.05) is 0 Å². The molecule has 0 saturated heterocycles. The molecular weight excluding hydrogens is 244 g/mol. The highest BCUT2D eigenvalue weighted by Gasteiger charge is 2.24. The van der Waals surface area contributed by atoms with Crippen LogP contribution in [0.2, 0.25) is 0 Å². The molecule has 1 saturated carbocycles. The number of nitrogens with one attached hydrogen (secondary N) is 1. The van der Waals surface area contributed by atoms with E-state index in [1.165, 1.54) is 11.5 Å². The zero-order valence-electron chi connectivity index (χ0n) is 11.2. The van der Waals surface area contributed by atoms with Crippen LogP contribution in [0.3, 0.4) is 0 Å². The topological polar surface area (TPSA) is 84.2 Å². The third-order valence-corrected chi connectivity index (χ3v) is 3.50. The Morgan fingerprint density at radius 1 is 1.47 bits per heavy atom. The molecule has 1 aromatic heterocycles. The molecule has 1 fully saturated rings. The van der Waals surface area contributed by atoms with Crippen LogP contribution < -0.4 is 5.73 Å². The number of H-pyrrole nitrogens is 1. The molecule has 106 valence electrons. The largest absolute Gasteiger partial charge is 0.350 e. The maximum atomic E-state index is 11.4. The second-order valence-corrected chi connectivity index (χ2v) is 4.97. The van der Waals surface area contributed by atoms with Crippen molar-refractivity contribution in [2.24, 2.45) is 5.73 Å². The summed E-state index contributed by atoms with van der Waals surface area (Å²) in [6.07, 6.45) is 10.7. The van der Waals surface area contributed by atoms with Crippen molar-refractivity contribution < 1.29 is 9.63 Å². The highest BCUT2D eigenvalue weighted by molar-refractivity contribution is 5.71. The van der Waals surface area contributed by atoms with E-state index in [4.69, 9.17) is 10.6 Å². The number of urea groups is 1. The van der Waals surface area contributed by atoms with Gasteiger partial charge in [0.1, 0.15) is 0 Å². The van der Waals surface area contributed by atoms with E-state index in [1.54, 1.807) is 12.5 Å². The van der Waals surface area contributed by atoms with E-state index >= 15 is 0 Å². The molecule has 0 spiro atoms. The number of carbonyl (C=O) groups is 1. The first-order chi connectivity index (χ1) is 9.27. The summed E-state index contributed by atoms with van der Waals surface area (Å²) in [5.41, 5.74) is 6.47. The number of nitrogens with zero attached hydrogens (tertiary/aromatic N) is 2. The third kappa shape index (κ3) is 4.24. The van der Waals surface area contributed by atoms with Crippen molar-refractivity contribution in [3.8, 4) is 0 Å². The van der Waals surface area contributed by atoms with Crippen LogP contribution in [-0.2, 0) is 11.3 Å². The fraction of sp³-hybridized carbons (Fsp3) is 0.692. The molecule has 0 aromatic carbocycles. The van der Waals surface area contributed by atoms with Crippen molar-refractivity contribution in [2.45, 2.75) is 51.0 Å². The highest BCUT2D eigenvalue weighted by atomic mass is 16.7. The number of aryl methyl sites for hydroxylation is 1. The van der Waals surface area contributed by atoms with Gasteiger partial charge in [0.15, 0.2) is 0 Å². The fourth-order valence-corrected chi connectivity index (χ4v) is 2.51. The van der Waals surface area contributed by atoms with E-state index in [0.717, 1.165) is 44.2 Å². The van der Waals surface area contributed by atoms with E-state index in [0.29, 0.717) is 6.61 Å². The first-order valence-electron chi connectivity index (χ1n) is 6.96. The van der Waals surface area contributed by atoms with Crippen LogP contribution in [0.5, 0.6) is 0 Å². The SMILES string of the molecule is NC(=O)N(OCCCc1cnc[nH]1)C1CCCCC1. The minimum absolute atomic E-state index is 0.151. The predicted molar refractivity (Wildman–Crippen MR) is 71.2 cm³/mol. The molecule has 2 amide bonds. The molecule has 19 heavy (non-hydrogen) atoms. The van der Waals surface area contributed by atoms with E-state index in [2.05, 4.69) is 9.97 Å². The van der Waals surface area contributed by atoms with Crippen LogP contribution in [-0.4, -0.2) is 33.7 Å². The summed E-state index contributed by atoms with van der Waals surface area (Å²) in [6.45, 7) is 0.498. The average molecular weight is 266 g/mol. The Labute approximate surface area is 113 Å². The molecule has 1 aliphatic rings. The average Bonchev–Trinajstić information content (AvgIpc) is 2.92. The molecule has 0 bridgehead atoms. The lowest BCUT2D eigenvalue weighted by molar-refractivity contribution is -0.148. The zero-order chi connectivity index (χ0) is 13.5. The van der Waals surface area contributed by atoms with Crippen LogP contribution in [0.15, 0.2) is 12.5 Å². The Morgan fingerprint density at radius 2 is 2.26 bits per heavy atom. The quantitative estimate of drug-likeness (QED) is 0.610. The van der Waals surface area contributed by atoms with Crippen LogP contribution in [0, 0.1) is 0 Å². The standard InChI is InChI=1S/C13H22N4O2/c14-13(18)17(12-6-2-1-3-7-12)19-8-4-5-11-9-15-10-16-11/h9-10,12H,1-8H2,(H2,14,18)(H,15,16). The van der Waals surface area contributed by atoms with Gasteiger partial charge in [-0.05, 0) is 25.7 Å². The molecule has 2 rings (SSSR count). The Kier molecular flexibility index (Phi) is 5.20. The number of amides is 2. The van der Waals surface area contributed by atoms with Crippen LogP contribution in [0.1, 0.15) is 44.2 Å². The van der Waals surface area contributed by atoms with Crippen molar-refractivity contribution in [1.29, 1.82) is 0 Å². The normalized spacial score (nSPS) is 16.4. The monoisotopic (exact) mass is 266 g/mol. The maximum absolute atomic E-state index is 11.4. The van der Waals surface area contributed by atoms with E-state index in [-0.39, 0.29) is 6.04 Å². The lowest BCUT2D eigenvalue weighted by Crippen LogP contribution is -2.44. The molecule has 1 aliphatic carbocycles. The van der Waals surface area contributed by atoms with Crippen molar-refractivity contribution in [3.63, 3.8) is 0 Å². The summed E-state index contributed by atoms with van der Waals surface area (Å²) in [7, 11) is 0. The van der Waals surface area contributed by atoms with Gasteiger partial charge in [-0.2, -0.15) is 0 Å². The smallest absolute Gasteiger partial charge is 0.338 e. The number of rotatable bonds is 6. The van der Waals surface area contributed by atoms with Gasteiger partial charge in [-0.3, -0.25) is 4.84 Å². The number of hydroxylamine groups is 2. The Morgan fingerprint density at radius 3 is 2.89 bits per heavy atom. The molecule has 3 N–H and O–H groups in total. The van der Waals surface area contributed by atoms with Gasteiger partial charge in [0.25, 0.3) is 0 Å². The summed E-state index contributed by atoms with van der Waals surface area (Å²) < 4.78 is 0. The molecular formula is C13H22N4O2. The van der Waals surface area contributed by atoms with Crippen LogP contribution in [0.4, 0.5) is 4.79 Å². The Hall–Kier alpha value is -1.56. The van der Waals surface area contributed by atoms with E-state index in [9.17, 15) is 4.79 Å². The van der Waals surface area contributed by atoms with Gasteiger partial charge in [0, 0.05) is 11.9 Å². The maximum Gasteiger partial charge on any atom is 0.338 e. The van der Waals surface area contributed by atoms with Gasteiger partial charge in [-0.25, -0.2) is 14.8 Å².